The van der Waals surface area contributed by atoms with E-state index in [0.717, 1.165) is 5.39 Å². The van der Waals surface area contributed by atoms with Crippen LogP contribution in [0.4, 0.5) is 4.79 Å². The van der Waals surface area contributed by atoms with Crippen molar-refractivity contribution in [2.75, 3.05) is 27.7 Å². The van der Waals surface area contributed by atoms with Crippen LogP contribution in [0.5, 0.6) is 5.75 Å². The molecular formula is C18H23N3O3. The van der Waals surface area contributed by atoms with Gasteiger partial charge in [-0.25, -0.2) is 4.79 Å². The largest absolute Gasteiger partial charge is 0.497 e. The molecule has 0 aliphatic heterocycles. The molecule has 1 heterocycles. The van der Waals surface area contributed by atoms with Gasteiger partial charge < -0.3 is 9.47 Å². The molecule has 0 bridgehead atoms. The van der Waals surface area contributed by atoms with E-state index < -0.39 is 11.7 Å². The van der Waals surface area contributed by atoms with E-state index in [1.54, 1.807) is 19.2 Å². The van der Waals surface area contributed by atoms with Gasteiger partial charge in [0.05, 0.1) is 19.2 Å². The molecule has 0 atom stereocenters. The van der Waals surface area contributed by atoms with Gasteiger partial charge in [0.15, 0.2) is 0 Å². The maximum atomic E-state index is 12.4. The number of nitrogens with zero attached hydrogens (tertiary/aromatic N) is 3. The van der Waals surface area contributed by atoms with Crippen LogP contribution in [0.2, 0.25) is 0 Å². The highest BCUT2D eigenvalue weighted by atomic mass is 16.6. The highest BCUT2D eigenvalue weighted by Crippen LogP contribution is 2.24. The van der Waals surface area contributed by atoms with Gasteiger partial charge in [-0.05, 0) is 59.0 Å². The molecule has 6 heteroatoms. The maximum Gasteiger partial charge on any atom is 0.435 e. The van der Waals surface area contributed by atoms with Gasteiger partial charge in [0.1, 0.15) is 17.0 Å². The van der Waals surface area contributed by atoms with Crippen molar-refractivity contribution < 1.29 is 14.3 Å². The van der Waals surface area contributed by atoms with E-state index in [-0.39, 0.29) is 0 Å². The predicted octanol–water partition coefficient (Wildman–Crippen LogP) is 2.74. The summed E-state index contributed by atoms with van der Waals surface area (Å²) in [6, 6.07) is 5.38. The van der Waals surface area contributed by atoms with E-state index in [4.69, 9.17) is 9.47 Å². The van der Waals surface area contributed by atoms with Crippen LogP contribution in [0.3, 0.4) is 0 Å². The van der Waals surface area contributed by atoms with Crippen LogP contribution in [-0.2, 0) is 4.74 Å². The number of fused-ring (bicyclic) bond motifs is 1. The standard InChI is InChI=1S/C18H23N3O3/c1-18(2,3)24-17(22)21-16-10-9-13(23-6)12-14(16)15(19-21)8-7-11-20(4)5/h9-10,12H,11H2,1-6H3. The van der Waals surface area contributed by atoms with Gasteiger partial charge in [-0.1, -0.05) is 5.92 Å². The first kappa shape index (κ1) is 17.8. The monoisotopic (exact) mass is 329 g/mol. The van der Waals surface area contributed by atoms with Gasteiger partial charge in [0.25, 0.3) is 0 Å². The summed E-state index contributed by atoms with van der Waals surface area (Å²) in [6.45, 7) is 6.05. The Morgan fingerprint density at radius 3 is 2.62 bits per heavy atom. The minimum Gasteiger partial charge on any atom is -0.497 e. The number of hydrogen-bond acceptors (Lipinski definition) is 5. The zero-order valence-corrected chi connectivity index (χ0v) is 15.0. The molecule has 0 aliphatic rings. The number of rotatable bonds is 2. The van der Waals surface area contributed by atoms with Crippen molar-refractivity contribution in [2.45, 2.75) is 26.4 Å². The van der Waals surface area contributed by atoms with Gasteiger partial charge in [0.2, 0.25) is 0 Å². The molecule has 0 saturated heterocycles. The Hall–Kier alpha value is -2.52. The minimum atomic E-state index is -0.599. The second-order valence-corrected chi connectivity index (χ2v) is 6.66. The van der Waals surface area contributed by atoms with Gasteiger partial charge in [0, 0.05) is 5.39 Å². The smallest absolute Gasteiger partial charge is 0.435 e. The number of aromatic nitrogens is 2. The Morgan fingerprint density at radius 2 is 2.04 bits per heavy atom. The Balaban J connectivity index is 2.52. The lowest BCUT2D eigenvalue weighted by Crippen LogP contribution is -2.27. The van der Waals surface area contributed by atoms with Gasteiger partial charge in [-0.2, -0.15) is 9.78 Å². The highest BCUT2D eigenvalue weighted by molar-refractivity contribution is 5.92. The molecule has 2 rings (SSSR count). The van der Waals surface area contributed by atoms with Crippen molar-refractivity contribution in [3.05, 3.63) is 23.9 Å². The first-order chi connectivity index (χ1) is 11.2. The molecule has 0 N–H and O–H groups in total. The van der Waals surface area contributed by atoms with Gasteiger partial charge in [-0.3, -0.25) is 4.90 Å². The van der Waals surface area contributed by atoms with Crippen LogP contribution in [0.1, 0.15) is 26.5 Å². The second-order valence-electron chi connectivity index (χ2n) is 6.66. The Morgan fingerprint density at radius 1 is 1.33 bits per heavy atom. The Kier molecular flexibility index (Phi) is 5.15. The average molecular weight is 329 g/mol. The Labute approximate surface area is 142 Å². The summed E-state index contributed by atoms with van der Waals surface area (Å²) in [7, 11) is 5.47. The third-order valence-electron chi connectivity index (χ3n) is 3.06. The lowest BCUT2D eigenvalue weighted by molar-refractivity contribution is 0.0522. The van der Waals surface area contributed by atoms with E-state index in [1.807, 2.05) is 45.8 Å². The molecular weight excluding hydrogens is 306 g/mol. The molecule has 0 amide bonds. The first-order valence-electron chi connectivity index (χ1n) is 7.65. The second kappa shape index (κ2) is 6.93. The van der Waals surface area contributed by atoms with Crippen LogP contribution in [-0.4, -0.2) is 54.1 Å². The van der Waals surface area contributed by atoms with Crippen molar-refractivity contribution in [1.82, 2.24) is 14.7 Å². The quantitative estimate of drug-likeness (QED) is 0.793. The third kappa shape index (κ3) is 4.27. The summed E-state index contributed by atoms with van der Waals surface area (Å²) in [5.41, 5.74) is 0.564. The number of ether oxygens (including phenoxy) is 2. The number of benzene rings is 1. The van der Waals surface area contributed by atoms with E-state index in [0.29, 0.717) is 23.5 Å². The van der Waals surface area contributed by atoms with Crippen molar-refractivity contribution in [1.29, 1.82) is 0 Å². The fourth-order valence-electron chi connectivity index (χ4n) is 2.04. The summed E-state index contributed by atoms with van der Waals surface area (Å²) < 4.78 is 11.9. The van der Waals surface area contributed by atoms with Crippen LogP contribution in [0.25, 0.3) is 10.9 Å². The van der Waals surface area contributed by atoms with E-state index in [1.165, 1.54) is 4.68 Å². The van der Waals surface area contributed by atoms with Crippen LogP contribution in [0, 0.1) is 11.8 Å². The van der Waals surface area contributed by atoms with Gasteiger partial charge >= 0.3 is 6.09 Å². The molecule has 0 unspecified atom stereocenters. The molecule has 0 spiro atoms. The lowest BCUT2D eigenvalue weighted by Gasteiger charge is -2.19. The van der Waals surface area contributed by atoms with Crippen molar-refractivity contribution >= 4 is 17.0 Å². The zero-order valence-electron chi connectivity index (χ0n) is 15.0. The number of carbonyl (C=O) groups excluding carboxylic acids is 1. The predicted molar refractivity (Wildman–Crippen MR) is 93.3 cm³/mol. The fourth-order valence-corrected chi connectivity index (χ4v) is 2.04. The molecule has 24 heavy (non-hydrogen) atoms. The molecule has 0 aliphatic carbocycles. The summed E-state index contributed by atoms with van der Waals surface area (Å²) in [6.07, 6.45) is -0.529. The topological polar surface area (TPSA) is 56.6 Å². The zero-order chi connectivity index (χ0) is 17.9. The summed E-state index contributed by atoms with van der Waals surface area (Å²) in [4.78, 5) is 14.4. The normalized spacial score (nSPS) is 11.3. The number of hydrogen-bond donors (Lipinski definition) is 0. The maximum absolute atomic E-state index is 12.4. The summed E-state index contributed by atoms with van der Waals surface area (Å²) in [5.74, 6) is 6.74. The van der Waals surface area contributed by atoms with Crippen LogP contribution in [0.15, 0.2) is 18.2 Å². The highest BCUT2D eigenvalue weighted by Gasteiger charge is 2.22. The van der Waals surface area contributed by atoms with E-state index in [2.05, 4.69) is 16.9 Å². The van der Waals surface area contributed by atoms with E-state index >= 15 is 0 Å². The van der Waals surface area contributed by atoms with Crippen molar-refractivity contribution in [3.63, 3.8) is 0 Å². The van der Waals surface area contributed by atoms with Gasteiger partial charge in [-0.15, -0.1) is 0 Å². The van der Waals surface area contributed by atoms with Crippen molar-refractivity contribution in [3.8, 4) is 17.6 Å². The third-order valence-corrected chi connectivity index (χ3v) is 3.06. The Bertz CT molecular complexity index is 804. The van der Waals surface area contributed by atoms with Crippen LogP contribution >= 0.6 is 0 Å². The average Bonchev–Trinajstić information content (AvgIpc) is 2.83. The SMILES string of the molecule is COc1ccc2c(c1)c(C#CCN(C)C)nn2C(=O)OC(C)(C)C. The molecule has 0 saturated carbocycles. The minimum absolute atomic E-state index is 0.525. The lowest BCUT2D eigenvalue weighted by atomic mass is 10.2. The molecule has 2 aromatic rings. The fraction of sp³-hybridized carbons (Fsp3) is 0.444. The molecule has 128 valence electrons. The first-order valence-corrected chi connectivity index (χ1v) is 7.65. The van der Waals surface area contributed by atoms with Crippen molar-refractivity contribution in [2.24, 2.45) is 0 Å². The molecule has 1 aromatic heterocycles. The molecule has 1 aromatic carbocycles. The van der Waals surface area contributed by atoms with E-state index in [9.17, 15) is 4.79 Å². The summed E-state index contributed by atoms with van der Waals surface area (Å²) >= 11 is 0. The molecule has 0 fully saturated rings. The number of methoxy groups -OCH3 is 1. The summed E-state index contributed by atoms with van der Waals surface area (Å²) in [5, 5.41) is 5.10. The van der Waals surface area contributed by atoms with Crippen LogP contribution < -0.4 is 4.74 Å². The number of carbonyl (C=O) groups is 1. The molecule has 0 radical (unpaired) electrons. The molecule has 6 nitrogen and oxygen atoms in total.